The maximum Gasteiger partial charge on any atom is 0.202 e. The van der Waals surface area contributed by atoms with Gasteiger partial charge < -0.3 is 10.1 Å². The molecule has 0 saturated heterocycles. The average molecular weight is 360 g/mol. The number of aromatic nitrogens is 2. The second-order valence-corrected chi connectivity index (χ2v) is 6.47. The van der Waals surface area contributed by atoms with Crippen LogP contribution < -0.4 is 10.1 Å². The summed E-state index contributed by atoms with van der Waals surface area (Å²) in [5.41, 5.74) is 2.27. The standard InChI is InChI=1S/C18H18ClN3OS/c1-23-15-7-4-5-13(11-15)12-17-21-18(24-22-17)20-10-9-14-6-2-3-8-16(14)19/h2-8,11H,9-10,12H2,1H3,(H,20,21,22). The minimum Gasteiger partial charge on any atom is -0.497 e. The van der Waals surface area contributed by atoms with Crippen LogP contribution in [0.4, 0.5) is 5.13 Å². The van der Waals surface area contributed by atoms with Gasteiger partial charge in [-0.25, -0.2) is 4.98 Å². The highest BCUT2D eigenvalue weighted by molar-refractivity contribution is 7.09. The lowest BCUT2D eigenvalue weighted by molar-refractivity contribution is 0.414. The van der Waals surface area contributed by atoms with Crippen LogP contribution in [0.1, 0.15) is 17.0 Å². The molecule has 0 aliphatic carbocycles. The first-order valence-electron chi connectivity index (χ1n) is 7.67. The van der Waals surface area contributed by atoms with Gasteiger partial charge in [0.2, 0.25) is 5.13 Å². The Morgan fingerprint density at radius 1 is 1.17 bits per heavy atom. The molecule has 0 saturated carbocycles. The van der Waals surface area contributed by atoms with Gasteiger partial charge in [-0.1, -0.05) is 41.9 Å². The van der Waals surface area contributed by atoms with Crippen LogP contribution in [0.3, 0.4) is 0 Å². The van der Waals surface area contributed by atoms with Crippen LogP contribution in [0, 0.1) is 0 Å². The van der Waals surface area contributed by atoms with Crippen molar-refractivity contribution in [2.45, 2.75) is 12.8 Å². The molecule has 0 atom stereocenters. The van der Waals surface area contributed by atoms with Crippen LogP contribution in [0.15, 0.2) is 48.5 Å². The van der Waals surface area contributed by atoms with E-state index in [0.717, 1.165) is 45.8 Å². The molecular formula is C18H18ClN3OS. The van der Waals surface area contributed by atoms with Crippen molar-refractivity contribution in [3.05, 3.63) is 70.5 Å². The van der Waals surface area contributed by atoms with E-state index in [1.54, 1.807) is 7.11 Å². The molecule has 0 bridgehead atoms. The molecule has 0 unspecified atom stereocenters. The topological polar surface area (TPSA) is 47.0 Å². The van der Waals surface area contributed by atoms with E-state index in [-0.39, 0.29) is 0 Å². The number of benzene rings is 2. The highest BCUT2D eigenvalue weighted by Gasteiger charge is 2.06. The molecule has 0 amide bonds. The van der Waals surface area contributed by atoms with Gasteiger partial charge in [0.05, 0.1) is 7.11 Å². The molecule has 124 valence electrons. The summed E-state index contributed by atoms with van der Waals surface area (Å²) in [6, 6.07) is 15.8. The molecule has 0 aliphatic heterocycles. The fraction of sp³-hybridized carbons (Fsp3) is 0.222. The third-order valence-electron chi connectivity index (χ3n) is 3.59. The van der Waals surface area contributed by atoms with Crippen molar-refractivity contribution in [3.8, 4) is 5.75 Å². The molecule has 3 rings (SSSR count). The number of rotatable bonds is 7. The Balaban J connectivity index is 1.54. The molecule has 0 spiro atoms. The summed E-state index contributed by atoms with van der Waals surface area (Å²) in [6.45, 7) is 0.775. The Bertz CT molecular complexity index is 806. The van der Waals surface area contributed by atoms with Gasteiger partial charge in [0.25, 0.3) is 0 Å². The highest BCUT2D eigenvalue weighted by Crippen LogP contribution is 2.19. The van der Waals surface area contributed by atoms with Crippen LogP contribution >= 0.6 is 23.1 Å². The number of anilines is 1. The lowest BCUT2D eigenvalue weighted by Gasteiger charge is -2.04. The van der Waals surface area contributed by atoms with Crippen LogP contribution in [-0.4, -0.2) is 23.0 Å². The fourth-order valence-corrected chi connectivity index (χ4v) is 3.21. The van der Waals surface area contributed by atoms with E-state index in [9.17, 15) is 0 Å². The van der Waals surface area contributed by atoms with Gasteiger partial charge in [0.15, 0.2) is 0 Å². The van der Waals surface area contributed by atoms with Crippen molar-refractivity contribution in [3.63, 3.8) is 0 Å². The Labute approximate surface area is 150 Å². The molecule has 0 fully saturated rings. The number of nitrogens with zero attached hydrogens (tertiary/aromatic N) is 2. The van der Waals surface area contributed by atoms with E-state index < -0.39 is 0 Å². The van der Waals surface area contributed by atoms with Crippen molar-refractivity contribution < 1.29 is 4.74 Å². The molecule has 1 heterocycles. The summed E-state index contributed by atoms with van der Waals surface area (Å²) in [6.07, 6.45) is 1.55. The highest BCUT2D eigenvalue weighted by atomic mass is 35.5. The number of nitrogens with one attached hydrogen (secondary N) is 1. The monoisotopic (exact) mass is 359 g/mol. The zero-order valence-electron chi connectivity index (χ0n) is 13.3. The van der Waals surface area contributed by atoms with Gasteiger partial charge in [-0.3, -0.25) is 0 Å². The maximum atomic E-state index is 6.16. The quantitative estimate of drug-likeness (QED) is 0.677. The van der Waals surface area contributed by atoms with Gasteiger partial charge in [-0.15, -0.1) is 0 Å². The Morgan fingerprint density at radius 2 is 2.04 bits per heavy atom. The first kappa shape index (κ1) is 16.7. The fourth-order valence-electron chi connectivity index (χ4n) is 2.37. The zero-order valence-corrected chi connectivity index (χ0v) is 14.9. The van der Waals surface area contributed by atoms with Gasteiger partial charge in [-0.05, 0) is 35.7 Å². The second kappa shape index (κ2) is 8.13. The van der Waals surface area contributed by atoms with Crippen LogP contribution in [0.5, 0.6) is 5.75 Å². The van der Waals surface area contributed by atoms with Crippen molar-refractivity contribution in [1.29, 1.82) is 0 Å². The van der Waals surface area contributed by atoms with Crippen molar-refractivity contribution in [2.24, 2.45) is 0 Å². The van der Waals surface area contributed by atoms with Crippen molar-refractivity contribution in [2.75, 3.05) is 19.0 Å². The van der Waals surface area contributed by atoms with Gasteiger partial charge in [0, 0.05) is 29.5 Å². The lowest BCUT2D eigenvalue weighted by Crippen LogP contribution is -2.05. The molecule has 6 heteroatoms. The molecule has 0 radical (unpaired) electrons. The van der Waals surface area contributed by atoms with Gasteiger partial charge in [0.1, 0.15) is 11.6 Å². The normalized spacial score (nSPS) is 10.6. The summed E-state index contributed by atoms with van der Waals surface area (Å²) in [4.78, 5) is 4.54. The summed E-state index contributed by atoms with van der Waals surface area (Å²) < 4.78 is 9.65. The maximum absolute atomic E-state index is 6.16. The van der Waals surface area contributed by atoms with E-state index in [1.807, 2.05) is 48.5 Å². The van der Waals surface area contributed by atoms with Gasteiger partial charge in [-0.2, -0.15) is 4.37 Å². The van der Waals surface area contributed by atoms with E-state index in [0.29, 0.717) is 6.42 Å². The summed E-state index contributed by atoms with van der Waals surface area (Å²) in [5, 5.41) is 4.95. The minimum atomic E-state index is 0.694. The first-order chi connectivity index (χ1) is 11.7. The molecule has 2 aromatic carbocycles. The third-order valence-corrected chi connectivity index (χ3v) is 4.67. The zero-order chi connectivity index (χ0) is 16.8. The molecule has 3 aromatic rings. The van der Waals surface area contributed by atoms with E-state index in [2.05, 4.69) is 14.7 Å². The molecular weight excluding hydrogens is 342 g/mol. The molecule has 1 N–H and O–H groups in total. The Hall–Kier alpha value is -2.11. The smallest absolute Gasteiger partial charge is 0.202 e. The molecule has 24 heavy (non-hydrogen) atoms. The van der Waals surface area contributed by atoms with E-state index in [1.165, 1.54) is 11.5 Å². The van der Waals surface area contributed by atoms with Crippen LogP contribution in [-0.2, 0) is 12.8 Å². The Kier molecular flexibility index (Phi) is 5.67. The summed E-state index contributed by atoms with van der Waals surface area (Å²) >= 11 is 7.54. The first-order valence-corrected chi connectivity index (χ1v) is 8.82. The predicted molar refractivity (Wildman–Crippen MR) is 99.4 cm³/mol. The van der Waals surface area contributed by atoms with E-state index in [4.69, 9.17) is 16.3 Å². The number of hydrogen-bond donors (Lipinski definition) is 1. The molecule has 0 aliphatic rings. The van der Waals surface area contributed by atoms with Crippen molar-refractivity contribution >= 4 is 28.3 Å². The van der Waals surface area contributed by atoms with Crippen molar-refractivity contribution in [1.82, 2.24) is 9.36 Å². The molecule has 1 aromatic heterocycles. The predicted octanol–water partition coefficient (Wildman–Crippen LogP) is 4.45. The summed E-state index contributed by atoms with van der Waals surface area (Å²) in [5.74, 6) is 1.66. The van der Waals surface area contributed by atoms with Crippen LogP contribution in [0.25, 0.3) is 0 Å². The van der Waals surface area contributed by atoms with Gasteiger partial charge >= 0.3 is 0 Å². The van der Waals surface area contributed by atoms with E-state index >= 15 is 0 Å². The van der Waals surface area contributed by atoms with Crippen LogP contribution in [0.2, 0.25) is 5.02 Å². The number of halogens is 1. The lowest BCUT2D eigenvalue weighted by atomic mass is 10.1. The number of hydrogen-bond acceptors (Lipinski definition) is 5. The number of ether oxygens (including phenoxy) is 1. The Morgan fingerprint density at radius 3 is 2.88 bits per heavy atom. The second-order valence-electron chi connectivity index (χ2n) is 5.31. The number of methoxy groups -OCH3 is 1. The SMILES string of the molecule is COc1cccc(Cc2nsc(NCCc3ccccc3Cl)n2)c1. The largest absolute Gasteiger partial charge is 0.497 e. The summed E-state index contributed by atoms with van der Waals surface area (Å²) in [7, 11) is 1.67. The average Bonchev–Trinajstić information content (AvgIpc) is 3.04. The molecule has 4 nitrogen and oxygen atoms in total. The third kappa shape index (κ3) is 4.46. The minimum absolute atomic E-state index is 0.694.